The van der Waals surface area contributed by atoms with E-state index in [1.165, 1.54) is 12.1 Å². The van der Waals surface area contributed by atoms with E-state index in [2.05, 4.69) is 20.6 Å². The number of rotatable bonds is 3. The predicted molar refractivity (Wildman–Crippen MR) is 64.0 cm³/mol. The lowest BCUT2D eigenvalue weighted by Crippen LogP contribution is -2.25. The fourth-order valence-corrected chi connectivity index (χ4v) is 1.45. The van der Waals surface area contributed by atoms with Crippen molar-refractivity contribution < 1.29 is 4.79 Å². The summed E-state index contributed by atoms with van der Waals surface area (Å²) < 4.78 is 1.74. The molecule has 0 aliphatic carbocycles. The number of nitrogens with zero attached hydrogens (tertiary/aromatic N) is 3. The van der Waals surface area contributed by atoms with Crippen molar-refractivity contribution in [1.82, 2.24) is 25.3 Å². The van der Waals surface area contributed by atoms with Gasteiger partial charge in [-0.15, -0.1) is 0 Å². The Labute approximate surface area is 103 Å². The molecule has 7 nitrogen and oxygen atoms in total. The highest BCUT2D eigenvalue weighted by molar-refractivity contribution is 5.91. The Bertz CT molecular complexity index is 608. The summed E-state index contributed by atoms with van der Waals surface area (Å²) in [4.78, 5) is 22.5. The minimum Gasteiger partial charge on any atom is -0.346 e. The molecule has 0 radical (unpaired) electrons. The van der Waals surface area contributed by atoms with Crippen LogP contribution < -0.4 is 10.9 Å². The zero-order chi connectivity index (χ0) is 13.1. The van der Waals surface area contributed by atoms with Crippen molar-refractivity contribution in [3.63, 3.8) is 0 Å². The van der Waals surface area contributed by atoms with Crippen molar-refractivity contribution in [1.29, 1.82) is 0 Å². The Hall–Kier alpha value is -2.44. The number of aromatic nitrogens is 4. The third kappa shape index (κ3) is 2.45. The Balaban J connectivity index is 2.02. The van der Waals surface area contributed by atoms with Crippen LogP contribution in [0.3, 0.4) is 0 Å². The highest BCUT2D eigenvalue weighted by atomic mass is 16.2. The smallest absolute Gasteiger partial charge is 0.271 e. The average molecular weight is 247 g/mol. The number of carbonyl (C=O) groups is 1. The van der Waals surface area contributed by atoms with Crippen LogP contribution in [0, 0.1) is 6.92 Å². The van der Waals surface area contributed by atoms with Gasteiger partial charge in [-0.1, -0.05) is 0 Å². The molecular formula is C11H13N5O2. The number of aryl methyl sites for hydroxylation is 1. The van der Waals surface area contributed by atoms with Gasteiger partial charge in [0.05, 0.1) is 6.20 Å². The Morgan fingerprint density at radius 1 is 1.50 bits per heavy atom. The maximum absolute atomic E-state index is 11.7. The average Bonchev–Trinajstić information content (AvgIpc) is 2.68. The van der Waals surface area contributed by atoms with Gasteiger partial charge >= 0.3 is 0 Å². The zero-order valence-electron chi connectivity index (χ0n) is 10.1. The number of nitrogens with one attached hydrogen (secondary N) is 2. The van der Waals surface area contributed by atoms with Crippen molar-refractivity contribution in [2.24, 2.45) is 7.05 Å². The van der Waals surface area contributed by atoms with Crippen molar-refractivity contribution in [2.45, 2.75) is 13.5 Å². The van der Waals surface area contributed by atoms with Gasteiger partial charge in [-0.2, -0.15) is 10.2 Å². The van der Waals surface area contributed by atoms with Crippen molar-refractivity contribution in [3.05, 3.63) is 45.6 Å². The third-order valence-electron chi connectivity index (χ3n) is 2.69. The first-order valence-corrected chi connectivity index (χ1v) is 5.39. The van der Waals surface area contributed by atoms with Crippen LogP contribution in [0.2, 0.25) is 0 Å². The van der Waals surface area contributed by atoms with Crippen LogP contribution in [0.1, 0.15) is 21.7 Å². The van der Waals surface area contributed by atoms with Gasteiger partial charge in [0.15, 0.2) is 0 Å². The lowest BCUT2D eigenvalue weighted by atomic mass is 10.2. The minimum absolute atomic E-state index is 0.177. The molecule has 0 spiro atoms. The Kier molecular flexibility index (Phi) is 3.22. The molecule has 2 rings (SSSR count). The van der Waals surface area contributed by atoms with Crippen LogP contribution >= 0.6 is 0 Å². The number of aromatic amines is 1. The number of amides is 1. The molecule has 1 amide bonds. The Morgan fingerprint density at radius 3 is 2.83 bits per heavy atom. The predicted octanol–water partition coefficient (Wildman–Crippen LogP) is -0.258. The van der Waals surface area contributed by atoms with Crippen molar-refractivity contribution in [3.8, 4) is 0 Å². The van der Waals surface area contributed by atoms with Gasteiger partial charge in [0.1, 0.15) is 5.69 Å². The van der Waals surface area contributed by atoms with E-state index in [9.17, 15) is 9.59 Å². The summed E-state index contributed by atoms with van der Waals surface area (Å²) in [6.45, 7) is 2.30. The second kappa shape index (κ2) is 4.82. The summed E-state index contributed by atoms with van der Waals surface area (Å²) in [5.74, 6) is -0.338. The second-order valence-electron chi connectivity index (χ2n) is 3.87. The van der Waals surface area contributed by atoms with E-state index < -0.39 is 0 Å². The fourth-order valence-electron chi connectivity index (χ4n) is 1.45. The van der Waals surface area contributed by atoms with Crippen LogP contribution in [0.5, 0.6) is 0 Å². The fraction of sp³-hybridized carbons (Fsp3) is 0.273. The molecule has 0 aromatic carbocycles. The summed E-state index contributed by atoms with van der Waals surface area (Å²) >= 11 is 0. The van der Waals surface area contributed by atoms with E-state index >= 15 is 0 Å². The van der Waals surface area contributed by atoms with E-state index in [4.69, 9.17) is 0 Å². The molecule has 7 heteroatoms. The Morgan fingerprint density at radius 2 is 2.28 bits per heavy atom. The van der Waals surface area contributed by atoms with Gasteiger partial charge in [-0.3, -0.25) is 14.3 Å². The summed E-state index contributed by atoms with van der Waals surface area (Å²) in [6, 6.07) is 2.64. The molecule has 2 N–H and O–H groups in total. The second-order valence-corrected chi connectivity index (χ2v) is 3.87. The van der Waals surface area contributed by atoms with Crippen LogP contribution in [-0.4, -0.2) is 25.9 Å². The number of H-pyrrole nitrogens is 1. The molecule has 2 heterocycles. The highest BCUT2D eigenvalue weighted by Gasteiger charge is 2.09. The van der Waals surface area contributed by atoms with Gasteiger partial charge in [0.25, 0.3) is 11.5 Å². The van der Waals surface area contributed by atoms with E-state index in [1.807, 2.05) is 14.0 Å². The molecule has 0 atom stereocenters. The normalized spacial score (nSPS) is 10.3. The monoisotopic (exact) mass is 247 g/mol. The molecule has 0 saturated heterocycles. The van der Waals surface area contributed by atoms with Gasteiger partial charge < -0.3 is 5.32 Å². The maximum Gasteiger partial charge on any atom is 0.271 e. The van der Waals surface area contributed by atoms with Crippen molar-refractivity contribution >= 4 is 5.91 Å². The van der Waals surface area contributed by atoms with E-state index in [0.29, 0.717) is 6.54 Å². The number of hydrogen-bond acceptors (Lipinski definition) is 4. The number of hydrogen-bond donors (Lipinski definition) is 2. The molecule has 0 unspecified atom stereocenters. The van der Waals surface area contributed by atoms with Crippen LogP contribution in [-0.2, 0) is 13.6 Å². The SMILES string of the molecule is Cc1c(CNC(=O)c2ccc(=O)[nH]n2)cnn1C. The third-order valence-corrected chi connectivity index (χ3v) is 2.69. The lowest BCUT2D eigenvalue weighted by Gasteiger charge is -2.03. The van der Waals surface area contributed by atoms with Crippen LogP contribution in [0.15, 0.2) is 23.1 Å². The zero-order valence-corrected chi connectivity index (χ0v) is 10.1. The van der Waals surface area contributed by atoms with Crippen LogP contribution in [0.4, 0.5) is 0 Å². The first kappa shape index (κ1) is 12.0. The van der Waals surface area contributed by atoms with Gasteiger partial charge in [-0.25, -0.2) is 5.10 Å². The van der Waals surface area contributed by atoms with E-state index in [0.717, 1.165) is 11.3 Å². The number of carbonyl (C=O) groups excluding carboxylic acids is 1. The maximum atomic E-state index is 11.7. The molecule has 0 aliphatic rings. The van der Waals surface area contributed by atoms with Crippen LogP contribution in [0.25, 0.3) is 0 Å². The van der Waals surface area contributed by atoms with Gasteiger partial charge in [0, 0.05) is 30.9 Å². The quantitative estimate of drug-likeness (QED) is 0.781. The molecule has 0 fully saturated rings. The van der Waals surface area contributed by atoms with Crippen molar-refractivity contribution in [2.75, 3.05) is 0 Å². The molecule has 0 bridgehead atoms. The molecule has 94 valence electrons. The first-order chi connectivity index (χ1) is 8.58. The topological polar surface area (TPSA) is 92.7 Å². The van der Waals surface area contributed by atoms with E-state index in [-0.39, 0.29) is 17.2 Å². The summed E-state index contributed by atoms with van der Waals surface area (Å²) in [6.07, 6.45) is 1.70. The molecule has 18 heavy (non-hydrogen) atoms. The summed E-state index contributed by atoms with van der Waals surface area (Å²) in [5.41, 5.74) is 1.77. The molecule has 2 aromatic rings. The summed E-state index contributed by atoms with van der Waals surface area (Å²) in [5, 5.41) is 12.7. The minimum atomic E-state index is -0.338. The molecule has 0 aliphatic heterocycles. The standard InChI is InChI=1S/C11H13N5O2/c1-7-8(6-13-16(7)2)5-12-11(18)9-3-4-10(17)15-14-9/h3-4,6H,5H2,1-2H3,(H,12,18)(H,15,17). The molecule has 0 saturated carbocycles. The molecular weight excluding hydrogens is 234 g/mol. The van der Waals surface area contributed by atoms with Gasteiger partial charge in [0.2, 0.25) is 0 Å². The highest BCUT2D eigenvalue weighted by Crippen LogP contribution is 2.04. The largest absolute Gasteiger partial charge is 0.346 e. The first-order valence-electron chi connectivity index (χ1n) is 5.39. The summed E-state index contributed by atoms with van der Waals surface area (Å²) in [7, 11) is 1.84. The van der Waals surface area contributed by atoms with Gasteiger partial charge in [-0.05, 0) is 13.0 Å². The lowest BCUT2D eigenvalue weighted by molar-refractivity contribution is 0.0944. The molecule has 2 aromatic heterocycles. The van der Waals surface area contributed by atoms with E-state index in [1.54, 1.807) is 10.9 Å².